The van der Waals surface area contributed by atoms with Crippen molar-refractivity contribution in [3.63, 3.8) is 0 Å². The molecule has 0 aliphatic rings. The molecule has 1 heterocycles. The smallest absolute Gasteiger partial charge is 0.126 e. The molecule has 0 aliphatic carbocycles. The monoisotopic (exact) mass is 374 g/mol. The number of alkyl halides is 1. The number of aromatic nitrogens is 2. The van der Waals surface area contributed by atoms with Crippen molar-refractivity contribution in [2.45, 2.75) is 65.1 Å². The highest BCUT2D eigenvalue weighted by molar-refractivity contribution is 5.85. The van der Waals surface area contributed by atoms with Crippen molar-refractivity contribution < 1.29 is 13.2 Å². The predicted octanol–water partition coefficient (Wildman–Crippen LogP) is 5.46. The lowest BCUT2D eigenvalue weighted by Crippen LogP contribution is -2.17. The molecule has 2 aromatic rings. The number of benzene rings is 1. The van der Waals surface area contributed by atoms with Crippen LogP contribution in [0.3, 0.4) is 0 Å². The molecule has 0 atom stereocenters. The van der Waals surface area contributed by atoms with Crippen LogP contribution in [-0.4, -0.2) is 15.4 Å². The SMILES string of the molecule is CCCc1cc(CCc2cc(F)ccc2F)n(CCC(C)(C)F)n1.Cl. The molecule has 0 aliphatic heterocycles. The zero-order valence-electron chi connectivity index (χ0n) is 15.0. The quantitative estimate of drug-likeness (QED) is 0.600. The van der Waals surface area contributed by atoms with Crippen LogP contribution in [0.15, 0.2) is 24.3 Å². The second-order valence-electron chi connectivity index (χ2n) is 6.80. The van der Waals surface area contributed by atoms with Gasteiger partial charge in [0.25, 0.3) is 0 Å². The number of halogens is 4. The third-order valence-electron chi connectivity index (χ3n) is 4.00. The molecule has 1 aromatic carbocycles. The van der Waals surface area contributed by atoms with Crippen molar-refractivity contribution in [3.05, 3.63) is 52.9 Å². The average molecular weight is 375 g/mol. The Morgan fingerprint density at radius 3 is 2.44 bits per heavy atom. The van der Waals surface area contributed by atoms with E-state index in [2.05, 4.69) is 12.0 Å². The van der Waals surface area contributed by atoms with E-state index >= 15 is 0 Å². The normalized spacial score (nSPS) is 11.4. The van der Waals surface area contributed by atoms with E-state index in [4.69, 9.17) is 0 Å². The van der Waals surface area contributed by atoms with Crippen LogP contribution in [0.4, 0.5) is 13.2 Å². The molecule has 0 amide bonds. The molecule has 1 aromatic heterocycles. The Kier molecular flexibility index (Phi) is 8.00. The van der Waals surface area contributed by atoms with Crippen molar-refractivity contribution >= 4 is 12.4 Å². The maximum atomic E-state index is 13.8. The number of hydrogen-bond acceptors (Lipinski definition) is 1. The van der Waals surface area contributed by atoms with E-state index < -0.39 is 17.3 Å². The first-order chi connectivity index (χ1) is 11.3. The van der Waals surface area contributed by atoms with Crippen molar-refractivity contribution in [1.29, 1.82) is 0 Å². The molecular formula is C19H26ClF3N2. The van der Waals surface area contributed by atoms with Crippen molar-refractivity contribution in [2.24, 2.45) is 0 Å². The van der Waals surface area contributed by atoms with Crippen LogP contribution in [-0.2, 0) is 25.8 Å². The summed E-state index contributed by atoms with van der Waals surface area (Å²) in [6.45, 7) is 5.65. The molecule has 0 radical (unpaired) electrons. The lowest BCUT2D eigenvalue weighted by Gasteiger charge is -2.15. The number of aryl methyl sites for hydroxylation is 4. The maximum absolute atomic E-state index is 13.8. The van der Waals surface area contributed by atoms with Gasteiger partial charge >= 0.3 is 0 Å². The van der Waals surface area contributed by atoms with Gasteiger partial charge in [-0.3, -0.25) is 4.68 Å². The number of nitrogens with zero attached hydrogens (tertiary/aromatic N) is 2. The zero-order valence-corrected chi connectivity index (χ0v) is 15.8. The van der Waals surface area contributed by atoms with E-state index in [9.17, 15) is 13.2 Å². The maximum Gasteiger partial charge on any atom is 0.126 e. The van der Waals surface area contributed by atoms with E-state index in [-0.39, 0.29) is 12.4 Å². The highest BCUT2D eigenvalue weighted by Gasteiger charge is 2.17. The van der Waals surface area contributed by atoms with Crippen LogP contribution in [0.5, 0.6) is 0 Å². The standard InChI is InChI=1S/C19H25F3N2.ClH/c1-4-5-16-13-17(24(23-16)11-10-19(2,3)22)8-6-14-12-15(20)7-9-18(14)21;/h7,9,12-13H,4-6,8,10-11H2,1-3H3;1H. The van der Waals surface area contributed by atoms with E-state index in [0.29, 0.717) is 31.4 Å². The van der Waals surface area contributed by atoms with E-state index in [1.54, 1.807) is 13.8 Å². The van der Waals surface area contributed by atoms with Crippen LogP contribution >= 0.6 is 12.4 Å². The molecule has 2 rings (SSSR count). The van der Waals surface area contributed by atoms with Crippen molar-refractivity contribution in [2.75, 3.05) is 0 Å². The summed E-state index contributed by atoms with van der Waals surface area (Å²) in [6, 6.07) is 5.49. The third-order valence-corrected chi connectivity index (χ3v) is 4.00. The van der Waals surface area contributed by atoms with Crippen LogP contribution in [0.1, 0.15) is 50.6 Å². The molecule has 0 saturated heterocycles. The highest BCUT2D eigenvalue weighted by Crippen LogP contribution is 2.18. The summed E-state index contributed by atoms with van der Waals surface area (Å²) in [4.78, 5) is 0. The fourth-order valence-corrected chi connectivity index (χ4v) is 2.66. The molecule has 6 heteroatoms. The van der Waals surface area contributed by atoms with Crippen molar-refractivity contribution in [3.8, 4) is 0 Å². The van der Waals surface area contributed by atoms with Gasteiger partial charge in [-0.15, -0.1) is 12.4 Å². The molecule has 0 unspecified atom stereocenters. The molecule has 0 saturated carbocycles. The average Bonchev–Trinajstić information content (AvgIpc) is 2.88. The summed E-state index contributed by atoms with van der Waals surface area (Å²) < 4.78 is 42.6. The topological polar surface area (TPSA) is 17.8 Å². The van der Waals surface area contributed by atoms with Crippen LogP contribution < -0.4 is 0 Å². The predicted molar refractivity (Wildman–Crippen MR) is 97.0 cm³/mol. The molecular weight excluding hydrogens is 349 g/mol. The minimum absolute atomic E-state index is 0. The van der Waals surface area contributed by atoms with Gasteiger partial charge < -0.3 is 0 Å². The Labute approximate surface area is 153 Å². The van der Waals surface area contributed by atoms with E-state index in [1.807, 2.05) is 10.7 Å². The molecule has 140 valence electrons. The minimum Gasteiger partial charge on any atom is -0.269 e. The molecule has 0 N–H and O–H groups in total. The van der Waals surface area contributed by atoms with Gasteiger partial charge in [0.1, 0.15) is 17.3 Å². The van der Waals surface area contributed by atoms with Crippen LogP contribution in [0.25, 0.3) is 0 Å². The summed E-state index contributed by atoms with van der Waals surface area (Å²) in [7, 11) is 0. The molecule has 0 bridgehead atoms. The largest absolute Gasteiger partial charge is 0.269 e. The van der Waals surface area contributed by atoms with Crippen LogP contribution in [0, 0.1) is 11.6 Å². The summed E-state index contributed by atoms with van der Waals surface area (Å²) in [5.41, 5.74) is 0.990. The Hall–Kier alpha value is -1.49. The lowest BCUT2D eigenvalue weighted by atomic mass is 10.1. The van der Waals surface area contributed by atoms with Gasteiger partial charge in [-0.1, -0.05) is 13.3 Å². The molecule has 25 heavy (non-hydrogen) atoms. The second kappa shape index (κ2) is 9.27. The van der Waals surface area contributed by atoms with Crippen molar-refractivity contribution in [1.82, 2.24) is 9.78 Å². The van der Waals surface area contributed by atoms with E-state index in [0.717, 1.165) is 36.4 Å². The number of rotatable bonds is 8. The van der Waals surface area contributed by atoms with Gasteiger partial charge in [0.15, 0.2) is 0 Å². The highest BCUT2D eigenvalue weighted by atomic mass is 35.5. The molecule has 0 fully saturated rings. The second-order valence-corrected chi connectivity index (χ2v) is 6.80. The summed E-state index contributed by atoms with van der Waals surface area (Å²) in [5, 5.41) is 4.54. The summed E-state index contributed by atoms with van der Waals surface area (Å²) in [5.74, 6) is -0.841. The van der Waals surface area contributed by atoms with Gasteiger partial charge in [0.2, 0.25) is 0 Å². The fourth-order valence-electron chi connectivity index (χ4n) is 2.66. The van der Waals surface area contributed by atoms with Gasteiger partial charge in [-0.25, -0.2) is 13.2 Å². The Morgan fingerprint density at radius 1 is 1.08 bits per heavy atom. The van der Waals surface area contributed by atoms with Gasteiger partial charge in [-0.05, 0) is 62.9 Å². The Bertz CT molecular complexity index is 678. The van der Waals surface area contributed by atoms with Crippen LogP contribution in [0.2, 0.25) is 0 Å². The molecule has 2 nitrogen and oxygen atoms in total. The van der Waals surface area contributed by atoms with E-state index in [1.165, 1.54) is 6.07 Å². The third kappa shape index (κ3) is 6.73. The van der Waals surface area contributed by atoms with Gasteiger partial charge in [0.05, 0.1) is 5.69 Å². The first kappa shape index (κ1) is 21.6. The summed E-state index contributed by atoms with van der Waals surface area (Å²) in [6.07, 6.45) is 3.13. The Balaban J connectivity index is 0.00000312. The van der Waals surface area contributed by atoms with Gasteiger partial charge in [-0.2, -0.15) is 5.10 Å². The fraction of sp³-hybridized carbons (Fsp3) is 0.526. The first-order valence-corrected chi connectivity index (χ1v) is 8.47. The number of hydrogen-bond donors (Lipinski definition) is 0. The van der Waals surface area contributed by atoms with Gasteiger partial charge in [0, 0.05) is 18.7 Å². The zero-order chi connectivity index (χ0) is 17.7. The lowest BCUT2D eigenvalue weighted by molar-refractivity contribution is 0.189. The first-order valence-electron chi connectivity index (χ1n) is 8.47. The Morgan fingerprint density at radius 2 is 1.80 bits per heavy atom. The minimum atomic E-state index is -1.26. The summed E-state index contributed by atoms with van der Waals surface area (Å²) >= 11 is 0. The molecule has 0 spiro atoms.